The molecule has 0 unspecified atom stereocenters. The summed E-state index contributed by atoms with van der Waals surface area (Å²) in [5.41, 5.74) is 12.7. The van der Waals surface area contributed by atoms with E-state index in [0.717, 1.165) is 33.9 Å². The van der Waals surface area contributed by atoms with Crippen LogP contribution in [0.4, 0.5) is 0 Å². The predicted molar refractivity (Wildman–Crippen MR) is 213 cm³/mol. The van der Waals surface area contributed by atoms with Gasteiger partial charge in [-0.1, -0.05) is 151 Å². The quantitative estimate of drug-likeness (QED) is 0.185. The Labute approximate surface area is 304 Å². The molecule has 238 valence electrons. The Balaban J connectivity index is 1.18. The number of nitrogens with zero attached hydrogens (tertiary/aromatic N) is 2. The highest BCUT2D eigenvalue weighted by Crippen LogP contribution is 2.63. The van der Waals surface area contributed by atoms with Crippen molar-refractivity contribution in [2.45, 2.75) is 15.2 Å². The van der Waals surface area contributed by atoms with Gasteiger partial charge in [0.1, 0.15) is 0 Å². The average molecular weight is 685 g/mol. The van der Waals surface area contributed by atoms with Crippen LogP contribution in [0.5, 0.6) is 0 Å². The molecule has 9 aromatic rings. The number of benzene rings is 7. The van der Waals surface area contributed by atoms with Crippen LogP contribution in [-0.4, -0.2) is 9.97 Å². The lowest BCUT2D eigenvalue weighted by molar-refractivity contribution is 0.726. The van der Waals surface area contributed by atoms with E-state index in [2.05, 4.69) is 146 Å². The minimum atomic E-state index is -0.397. The first kappa shape index (κ1) is 29.0. The molecule has 7 aromatic carbocycles. The molecule has 0 N–H and O–H groups in total. The van der Waals surface area contributed by atoms with Gasteiger partial charge in [0.05, 0.1) is 16.8 Å². The van der Waals surface area contributed by atoms with Crippen LogP contribution in [0, 0.1) is 0 Å². The fourth-order valence-electron chi connectivity index (χ4n) is 8.40. The molecule has 0 bridgehead atoms. The molecule has 11 rings (SSSR count). The molecular weight excluding hydrogens is 657 g/mol. The van der Waals surface area contributed by atoms with Crippen LogP contribution >= 0.6 is 23.1 Å². The van der Waals surface area contributed by atoms with Gasteiger partial charge in [-0.05, 0) is 63.7 Å². The average Bonchev–Trinajstić information content (AvgIpc) is 3.73. The van der Waals surface area contributed by atoms with Gasteiger partial charge in [-0.15, -0.1) is 11.3 Å². The number of aromatic nitrogens is 2. The molecule has 0 saturated heterocycles. The van der Waals surface area contributed by atoms with Crippen molar-refractivity contribution >= 4 is 43.3 Å². The molecule has 1 aliphatic heterocycles. The van der Waals surface area contributed by atoms with Crippen LogP contribution in [0.25, 0.3) is 65.2 Å². The van der Waals surface area contributed by atoms with E-state index in [4.69, 9.17) is 9.97 Å². The lowest BCUT2D eigenvalue weighted by atomic mass is 9.67. The highest BCUT2D eigenvalue weighted by molar-refractivity contribution is 7.99. The Morgan fingerprint density at radius 3 is 1.75 bits per heavy atom. The van der Waals surface area contributed by atoms with Gasteiger partial charge in [0.25, 0.3) is 0 Å². The Bertz CT molecular complexity index is 2730. The van der Waals surface area contributed by atoms with Gasteiger partial charge in [0.2, 0.25) is 0 Å². The summed E-state index contributed by atoms with van der Waals surface area (Å²) >= 11 is 3.80. The fourth-order valence-corrected chi connectivity index (χ4v) is 10.9. The van der Waals surface area contributed by atoms with Crippen LogP contribution in [0.1, 0.15) is 22.3 Å². The number of rotatable bonds is 3. The van der Waals surface area contributed by atoms with Gasteiger partial charge < -0.3 is 0 Å². The lowest BCUT2D eigenvalue weighted by Gasteiger charge is -2.40. The zero-order valence-corrected chi connectivity index (χ0v) is 29.0. The van der Waals surface area contributed by atoms with Crippen molar-refractivity contribution in [3.63, 3.8) is 0 Å². The number of thiophene rings is 1. The van der Waals surface area contributed by atoms with Gasteiger partial charge in [0, 0.05) is 46.7 Å². The zero-order valence-electron chi connectivity index (χ0n) is 27.4. The molecule has 0 amide bonds. The molecule has 0 atom stereocenters. The molecule has 4 heteroatoms. The van der Waals surface area contributed by atoms with Crippen LogP contribution in [-0.2, 0) is 5.41 Å². The third-order valence-corrected chi connectivity index (χ3v) is 12.9. The van der Waals surface area contributed by atoms with Gasteiger partial charge in [-0.2, -0.15) is 0 Å². The van der Waals surface area contributed by atoms with Crippen LogP contribution in [0.2, 0.25) is 0 Å². The normalized spacial score (nSPS) is 13.6. The van der Waals surface area contributed by atoms with E-state index in [-0.39, 0.29) is 0 Å². The second-order valence-corrected chi connectivity index (χ2v) is 15.4. The summed E-state index contributed by atoms with van der Waals surface area (Å²) in [4.78, 5) is 12.9. The predicted octanol–water partition coefficient (Wildman–Crippen LogP) is 12.7. The van der Waals surface area contributed by atoms with Crippen LogP contribution < -0.4 is 0 Å². The summed E-state index contributed by atoms with van der Waals surface area (Å²) in [5.74, 6) is 0.729. The van der Waals surface area contributed by atoms with Crippen molar-refractivity contribution in [3.8, 4) is 45.0 Å². The van der Waals surface area contributed by atoms with E-state index >= 15 is 0 Å². The summed E-state index contributed by atoms with van der Waals surface area (Å²) in [6.07, 6.45) is 0. The van der Waals surface area contributed by atoms with E-state index in [1.807, 2.05) is 47.4 Å². The molecule has 1 spiro atoms. The molecule has 2 nitrogen and oxygen atoms in total. The molecule has 1 aliphatic carbocycles. The summed E-state index contributed by atoms with van der Waals surface area (Å²) in [6, 6.07) is 61.6. The molecule has 0 saturated carbocycles. The van der Waals surface area contributed by atoms with Gasteiger partial charge in [-0.3, -0.25) is 0 Å². The molecule has 2 aliphatic rings. The standard InChI is InChI=1S/C47H28N2S2/c1-3-13-29(14-4-1)39-28-40(49-46(48-39)30-15-5-2-6-16-30)31-23-25-41-34(27-31)44-43(50-41)26-24-38-45(44)51-42-22-12-11-21-37(42)47(38)35-19-9-7-17-32(35)33-18-8-10-20-36(33)47/h1-28H. The van der Waals surface area contributed by atoms with Crippen molar-refractivity contribution < 1.29 is 0 Å². The summed E-state index contributed by atoms with van der Waals surface area (Å²) in [7, 11) is 0. The van der Waals surface area contributed by atoms with Crippen molar-refractivity contribution in [3.05, 3.63) is 192 Å². The van der Waals surface area contributed by atoms with Crippen LogP contribution in [0.3, 0.4) is 0 Å². The minimum Gasteiger partial charge on any atom is -0.228 e. The topological polar surface area (TPSA) is 25.8 Å². The van der Waals surface area contributed by atoms with Crippen molar-refractivity contribution in [1.29, 1.82) is 0 Å². The second-order valence-electron chi connectivity index (χ2n) is 13.3. The van der Waals surface area contributed by atoms with Crippen LogP contribution in [0.15, 0.2) is 180 Å². The minimum absolute atomic E-state index is 0.397. The molecule has 2 aromatic heterocycles. The molecule has 3 heterocycles. The van der Waals surface area contributed by atoms with Crippen molar-refractivity contribution in [1.82, 2.24) is 9.97 Å². The number of hydrogen-bond acceptors (Lipinski definition) is 4. The third-order valence-electron chi connectivity index (χ3n) is 10.6. The summed E-state index contributed by atoms with van der Waals surface area (Å²) in [6.45, 7) is 0. The van der Waals surface area contributed by atoms with E-state index in [9.17, 15) is 0 Å². The first-order chi connectivity index (χ1) is 25.3. The number of fused-ring (bicyclic) bond motifs is 13. The molecule has 51 heavy (non-hydrogen) atoms. The second kappa shape index (κ2) is 11.1. The third kappa shape index (κ3) is 4.18. The van der Waals surface area contributed by atoms with E-state index < -0.39 is 5.41 Å². The van der Waals surface area contributed by atoms with E-state index in [0.29, 0.717) is 0 Å². The van der Waals surface area contributed by atoms with Gasteiger partial charge >= 0.3 is 0 Å². The smallest absolute Gasteiger partial charge is 0.160 e. The summed E-state index contributed by atoms with van der Waals surface area (Å²) < 4.78 is 2.59. The monoisotopic (exact) mass is 684 g/mol. The Morgan fingerprint density at radius 1 is 0.431 bits per heavy atom. The maximum Gasteiger partial charge on any atom is 0.160 e. The number of hydrogen-bond donors (Lipinski definition) is 0. The van der Waals surface area contributed by atoms with Gasteiger partial charge in [0.15, 0.2) is 5.82 Å². The van der Waals surface area contributed by atoms with Gasteiger partial charge in [-0.25, -0.2) is 9.97 Å². The van der Waals surface area contributed by atoms with E-state index in [1.165, 1.54) is 63.3 Å². The Hall–Kier alpha value is -5.81. The highest BCUT2D eigenvalue weighted by atomic mass is 32.2. The molecule has 0 radical (unpaired) electrons. The zero-order chi connectivity index (χ0) is 33.5. The Kier molecular flexibility index (Phi) is 6.30. The fraction of sp³-hybridized carbons (Fsp3) is 0.0213. The summed E-state index contributed by atoms with van der Waals surface area (Å²) in [5, 5.41) is 2.60. The maximum absolute atomic E-state index is 5.18. The van der Waals surface area contributed by atoms with Crippen molar-refractivity contribution in [2.75, 3.05) is 0 Å². The first-order valence-corrected chi connectivity index (χ1v) is 18.9. The highest BCUT2D eigenvalue weighted by Gasteiger charge is 2.50. The molecular formula is C47H28N2S2. The lowest BCUT2D eigenvalue weighted by Crippen LogP contribution is -2.31. The maximum atomic E-state index is 5.18. The largest absolute Gasteiger partial charge is 0.228 e. The SMILES string of the molecule is c1ccc(-c2cc(-c3ccc4sc5ccc6c(c5c4c3)Sc3ccccc3C63c4ccccc4-c4ccccc43)nc(-c3ccccc3)n2)cc1. The van der Waals surface area contributed by atoms with E-state index in [1.54, 1.807) is 0 Å². The molecule has 0 fully saturated rings. The Morgan fingerprint density at radius 2 is 1.02 bits per heavy atom. The van der Waals surface area contributed by atoms with Crippen molar-refractivity contribution in [2.24, 2.45) is 0 Å². The first-order valence-electron chi connectivity index (χ1n) is 17.2.